The van der Waals surface area contributed by atoms with Crippen LogP contribution in [0.1, 0.15) is 11.1 Å². The van der Waals surface area contributed by atoms with Gasteiger partial charge >= 0.3 is 0 Å². The minimum absolute atomic E-state index is 0.00142. The maximum absolute atomic E-state index is 10.9. The van der Waals surface area contributed by atoms with Crippen LogP contribution in [-0.4, -0.2) is 31.8 Å². The van der Waals surface area contributed by atoms with Gasteiger partial charge in [0.15, 0.2) is 29.3 Å². The quantitative estimate of drug-likeness (QED) is 0.253. The molecule has 120 valence electrons. The van der Waals surface area contributed by atoms with Crippen molar-refractivity contribution < 1.29 is 35.1 Å². The molecule has 0 bridgehead atoms. The third-order valence-corrected chi connectivity index (χ3v) is 3.11. The largest absolute Gasteiger partial charge is 0.508 e. The summed E-state index contributed by atoms with van der Waals surface area (Å²) < 4.78 is 5.43. The Kier molecular flexibility index (Phi) is 4.31. The number of aromatic hydroxyl groups is 4. The number of aliphatic hydroxyl groups is 1. The number of aliphatic hydroxyl groups excluding tert-OH is 1. The number of phenols is 4. The maximum Gasteiger partial charge on any atom is 0.199 e. The second kappa shape index (κ2) is 6.18. The Morgan fingerprint density at radius 2 is 1.70 bits per heavy atom. The predicted octanol–water partition coefficient (Wildman–Crippen LogP) is 2.32. The lowest BCUT2D eigenvalue weighted by atomic mass is 10.1. The molecule has 0 aliphatic rings. The molecule has 0 saturated carbocycles. The minimum Gasteiger partial charge on any atom is -0.508 e. The first-order chi connectivity index (χ1) is 10.8. The molecule has 0 saturated heterocycles. The van der Waals surface area contributed by atoms with Crippen LogP contribution in [0.15, 0.2) is 36.1 Å². The number of rotatable bonds is 4. The lowest BCUT2D eigenvalue weighted by Crippen LogP contribution is -2.02. The highest BCUT2D eigenvalue weighted by Gasteiger charge is 2.16. The molecule has 0 heterocycles. The molecule has 0 unspecified atom stereocenters. The zero-order valence-corrected chi connectivity index (χ0v) is 12.0. The van der Waals surface area contributed by atoms with Crippen molar-refractivity contribution in [2.75, 3.05) is 0 Å². The molecule has 0 aliphatic carbocycles. The van der Waals surface area contributed by atoms with Crippen molar-refractivity contribution in [3.05, 3.63) is 47.2 Å². The molecule has 0 aliphatic heterocycles. The Bertz CT molecular complexity index is 793. The Balaban J connectivity index is 2.54. The molecule has 7 heteroatoms. The van der Waals surface area contributed by atoms with E-state index in [4.69, 9.17) is 4.74 Å². The van der Waals surface area contributed by atoms with Gasteiger partial charge in [0, 0.05) is 23.3 Å². The Labute approximate surface area is 131 Å². The van der Waals surface area contributed by atoms with E-state index in [0.717, 1.165) is 18.2 Å². The number of aldehydes is 1. The number of benzene rings is 2. The van der Waals surface area contributed by atoms with E-state index in [2.05, 4.69) is 0 Å². The number of phenolic OH excluding ortho intramolecular Hbond substituents is 4. The second-order valence-corrected chi connectivity index (χ2v) is 4.73. The van der Waals surface area contributed by atoms with Crippen LogP contribution in [0.4, 0.5) is 0 Å². The van der Waals surface area contributed by atoms with Gasteiger partial charge in [0.1, 0.15) is 17.2 Å². The lowest BCUT2D eigenvalue weighted by molar-refractivity contribution is -0.107. The third kappa shape index (κ3) is 3.29. The van der Waals surface area contributed by atoms with E-state index >= 15 is 0 Å². The number of carbonyl (C=O) groups excluding carboxylic acids is 1. The summed E-state index contributed by atoms with van der Waals surface area (Å²) in [7, 11) is 0. The Morgan fingerprint density at radius 3 is 2.30 bits per heavy atom. The summed E-state index contributed by atoms with van der Waals surface area (Å²) in [5.74, 6) is -2.46. The Hall–Kier alpha value is -3.35. The van der Waals surface area contributed by atoms with E-state index < -0.39 is 11.5 Å². The van der Waals surface area contributed by atoms with Crippen LogP contribution in [0.3, 0.4) is 0 Å². The van der Waals surface area contributed by atoms with Gasteiger partial charge in [0.2, 0.25) is 0 Å². The highest BCUT2D eigenvalue weighted by atomic mass is 16.5. The van der Waals surface area contributed by atoms with E-state index in [1.165, 1.54) is 19.1 Å². The normalized spacial score (nSPS) is 11.7. The van der Waals surface area contributed by atoms with Crippen LogP contribution in [0.25, 0.3) is 5.76 Å². The number of allylic oxidation sites excluding steroid dienone is 1. The zero-order valence-electron chi connectivity index (χ0n) is 12.0. The number of hydrogen-bond donors (Lipinski definition) is 5. The van der Waals surface area contributed by atoms with Gasteiger partial charge < -0.3 is 30.3 Å². The number of ether oxygens (including phenoxy) is 1. The fourth-order valence-electron chi connectivity index (χ4n) is 1.85. The minimum atomic E-state index is -0.766. The first kappa shape index (κ1) is 16.0. The average molecular weight is 318 g/mol. The van der Waals surface area contributed by atoms with Gasteiger partial charge in [-0.15, -0.1) is 0 Å². The smallest absolute Gasteiger partial charge is 0.199 e. The summed E-state index contributed by atoms with van der Waals surface area (Å²) in [5, 5.41) is 47.8. The zero-order chi connectivity index (χ0) is 17.1. The summed E-state index contributed by atoms with van der Waals surface area (Å²) in [6.45, 7) is 1.51. The van der Waals surface area contributed by atoms with E-state index in [0.29, 0.717) is 0 Å². The molecule has 0 amide bonds. The van der Waals surface area contributed by atoms with Crippen molar-refractivity contribution in [1.29, 1.82) is 0 Å². The van der Waals surface area contributed by atoms with Crippen LogP contribution in [0.5, 0.6) is 28.7 Å². The highest BCUT2D eigenvalue weighted by Crippen LogP contribution is 2.36. The van der Waals surface area contributed by atoms with Gasteiger partial charge in [-0.25, -0.2) is 0 Å². The molecule has 0 aromatic heterocycles. The van der Waals surface area contributed by atoms with E-state index in [-0.39, 0.29) is 46.2 Å². The van der Waals surface area contributed by atoms with Crippen LogP contribution in [0, 0.1) is 6.92 Å². The predicted molar refractivity (Wildman–Crippen MR) is 80.5 cm³/mol. The molecule has 0 radical (unpaired) electrons. The second-order valence-electron chi connectivity index (χ2n) is 4.73. The first-order valence-corrected chi connectivity index (χ1v) is 6.44. The van der Waals surface area contributed by atoms with Crippen molar-refractivity contribution >= 4 is 12.0 Å². The van der Waals surface area contributed by atoms with Gasteiger partial charge in [0.25, 0.3) is 0 Å². The van der Waals surface area contributed by atoms with Crippen molar-refractivity contribution in [3.8, 4) is 28.7 Å². The molecule has 2 aromatic carbocycles. The monoisotopic (exact) mass is 318 g/mol. The number of hydrogen-bond acceptors (Lipinski definition) is 7. The summed E-state index contributed by atoms with van der Waals surface area (Å²) in [6, 6.07) is 5.84. The summed E-state index contributed by atoms with van der Waals surface area (Å²) in [6.07, 6.45) is 0.136. The third-order valence-electron chi connectivity index (χ3n) is 3.11. The molecule has 2 aromatic rings. The molecule has 7 nitrogen and oxygen atoms in total. The topological polar surface area (TPSA) is 127 Å². The molecule has 2 rings (SSSR count). The van der Waals surface area contributed by atoms with Crippen molar-refractivity contribution in [1.82, 2.24) is 0 Å². The van der Waals surface area contributed by atoms with E-state index in [9.17, 15) is 30.3 Å². The fraction of sp³-hybridized carbons (Fsp3) is 0.0625. The van der Waals surface area contributed by atoms with Crippen molar-refractivity contribution in [2.45, 2.75) is 6.92 Å². The molecule has 0 atom stereocenters. The molecule has 0 fully saturated rings. The molecule has 0 spiro atoms. The van der Waals surface area contributed by atoms with Gasteiger partial charge in [-0.05, 0) is 25.1 Å². The van der Waals surface area contributed by atoms with E-state index in [1.54, 1.807) is 0 Å². The first-order valence-electron chi connectivity index (χ1n) is 6.44. The highest BCUT2D eigenvalue weighted by molar-refractivity contribution is 5.84. The van der Waals surface area contributed by atoms with E-state index in [1.807, 2.05) is 0 Å². The van der Waals surface area contributed by atoms with Gasteiger partial charge in [-0.3, -0.25) is 4.79 Å². The van der Waals surface area contributed by atoms with Crippen LogP contribution in [-0.2, 0) is 4.79 Å². The molecular formula is C16H14O7. The van der Waals surface area contributed by atoms with Gasteiger partial charge in [-0.2, -0.15) is 0 Å². The van der Waals surface area contributed by atoms with Crippen molar-refractivity contribution in [2.24, 2.45) is 0 Å². The van der Waals surface area contributed by atoms with Crippen molar-refractivity contribution in [3.63, 3.8) is 0 Å². The summed E-state index contributed by atoms with van der Waals surface area (Å²) in [5.41, 5.74) is 0.370. The van der Waals surface area contributed by atoms with Gasteiger partial charge in [-0.1, -0.05) is 0 Å². The lowest BCUT2D eigenvalue weighted by Gasteiger charge is -2.14. The van der Waals surface area contributed by atoms with Crippen LogP contribution in [0.2, 0.25) is 0 Å². The fourth-order valence-corrected chi connectivity index (χ4v) is 1.85. The molecule has 5 N–H and O–H groups in total. The molecule has 23 heavy (non-hydrogen) atoms. The van der Waals surface area contributed by atoms with Crippen LogP contribution >= 0.6 is 0 Å². The standard InChI is InChI=1S/C16H14O7/c1-8-12(20)5-10(18)6-15(8)23-16(14(22)7-17)9-2-3-11(19)13(21)4-9/h2-7,18-22H,1H3/b16-14+. The maximum atomic E-state index is 10.9. The molecular weight excluding hydrogens is 304 g/mol. The van der Waals surface area contributed by atoms with Gasteiger partial charge in [0.05, 0.1) is 0 Å². The summed E-state index contributed by atoms with van der Waals surface area (Å²) in [4.78, 5) is 10.9. The average Bonchev–Trinajstić information content (AvgIpc) is 2.51. The number of carbonyl (C=O) groups is 1. The SMILES string of the molecule is Cc1c(O)cc(O)cc1O/C(=C(/O)C=O)c1ccc(O)c(O)c1. The Morgan fingerprint density at radius 1 is 1.00 bits per heavy atom. The summed E-state index contributed by atoms with van der Waals surface area (Å²) >= 11 is 0. The van der Waals surface area contributed by atoms with Crippen LogP contribution < -0.4 is 4.74 Å².